The Morgan fingerprint density at radius 3 is 1.67 bits per heavy atom. The third-order valence-electron chi connectivity index (χ3n) is 6.92. The lowest BCUT2D eigenvalue weighted by Crippen LogP contribution is -2.26. The Labute approximate surface area is 208 Å². The first kappa shape index (κ1) is 24.5. The Balaban J connectivity index is 1.21. The van der Waals surface area contributed by atoms with E-state index in [2.05, 4.69) is 10.6 Å². The van der Waals surface area contributed by atoms with E-state index in [0.29, 0.717) is 76.3 Å². The van der Waals surface area contributed by atoms with Gasteiger partial charge in [-0.25, -0.2) is 13.8 Å². The second-order valence-corrected chi connectivity index (χ2v) is 9.77. The fourth-order valence-electron chi connectivity index (χ4n) is 4.92. The fraction of sp³-hybridized carbons (Fsp3) is 0.444. The topological polar surface area (TPSA) is 77.6 Å². The van der Waals surface area contributed by atoms with Crippen LogP contribution < -0.4 is 10.6 Å². The van der Waals surface area contributed by atoms with Crippen LogP contribution in [0, 0.1) is 0 Å². The smallest absolute Gasteiger partial charge is 0.225 e. The normalized spacial score (nSPS) is 20.8. The molecule has 3 heterocycles. The van der Waals surface area contributed by atoms with Crippen LogP contribution in [-0.4, -0.2) is 78.2 Å². The molecule has 5 rings (SSSR count). The molecule has 9 heteroatoms. The zero-order valence-corrected chi connectivity index (χ0v) is 20.2. The van der Waals surface area contributed by atoms with E-state index >= 15 is 0 Å². The van der Waals surface area contributed by atoms with Gasteiger partial charge in [-0.1, -0.05) is 12.1 Å². The monoisotopic (exact) mass is 495 g/mol. The van der Waals surface area contributed by atoms with Crippen molar-refractivity contribution in [3.05, 3.63) is 42.5 Å². The number of hydrogen-bond acceptors (Lipinski definition) is 5. The average molecular weight is 496 g/mol. The van der Waals surface area contributed by atoms with Crippen LogP contribution >= 0.6 is 0 Å². The first-order valence-corrected chi connectivity index (χ1v) is 12.6. The molecular formula is C27H31F2N5O2. The minimum Gasteiger partial charge on any atom is -0.326 e. The third-order valence-corrected chi connectivity index (χ3v) is 6.92. The first-order valence-electron chi connectivity index (χ1n) is 12.6. The summed E-state index contributed by atoms with van der Waals surface area (Å²) in [6.07, 6.45) is 0.122. The van der Waals surface area contributed by atoms with E-state index in [1.807, 2.05) is 52.3 Å². The number of halogens is 2. The zero-order valence-electron chi connectivity index (χ0n) is 20.2. The van der Waals surface area contributed by atoms with Crippen LogP contribution in [0.3, 0.4) is 0 Å². The summed E-state index contributed by atoms with van der Waals surface area (Å²) in [6.45, 7) is 3.29. The van der Waals surface area contributed by atoms with Crippen molar-refractivity contribution in [2.45, 2.75) is 38.0 Å². The summed E-state index contributed by atoms with van der Waals surface area (Å²) < 4.78 is 26.6. The van der Waals surface area contributed by atoms with Crippen molar-refractivity contribution in [2.24, 2.45) is 0 Å². The Hall–Kier alpha value is -3.17. The van der Waals surface area contributed by atoms with Crippen LogP contribution in [0.2, 0.25) is 0 Å². The van der Waals surface area contributed by atoms with Crippen molar-refractivity contribution in [1.82, 2.24) is 14.8 Å². The lowest BCUT2D eigenvalue weighted by Gasteiger charge is -2.14. The number of rotatable bonds is 8. The summed E-state index contributed by atoms with van der Waals surface area (Å²) in [5.74, 6) is -0.225. The highest BCUT2D eigenvalue weighted by molar-refractivity contribution is 5.99. The molecule has 3 aromatic rings. The van der Waals surface area contributed by atoms with Crippen LogP contribution in [0.15, 0.2) is 42.5 Å². The molecule has 36 heavy (non-hydrogen) atoms. The zero-order chi connectivity index (χ0) is 25.1. The molecule has 0 radical (unpaired) electrons. The summed E-state index contributed by atoms with van der Waals surface area (Å²) in [6, 6.07) is 13.2. The maximum Gasteiger partial charge on any atom is 0.225 e. The molecule has 1 aromatic heterocycles. The van der Waals surface area contributed by atoms with Crippen LogP contribution in [0.25, 0.3) is 21.8 Å². The maximum absolute atomic E-state index is 13.3. The van der Waals surface area contributed by atoms with Crippen molar-refractivity contribution in [2.75, 3.05) is 49.9 Å². The molecule has 2 N–H and O–H groups in total. The van der Waals surface area contributed by atoms with Crippen LogP contribution in [0.1, 0.15) is 25.7 Å². The number of anilines is 2. The number of fused-ring (bicyclic) bond motifs is 2. The number of alkyl halides is 2. The third kappa shape index (κ3) is 6.14. The van der Waals surface area contributed by atoms with E-state index in [4.69, 9.17) is 4.98 Å². The number of likely N-dealkylation sites (tertiary alicyclic amines) is 2. The molecule has 190 valence electrons. The Bertz CT molecular complexity index is 1180. The van der Waals surface area contributed by atoms with Gasteiger partial charge in [0.05, 0.1) is 11.0 Å². The molecule has 2 fully saturated rings. The van der Waals surface area contributed by atoms with Crippen LogP contribution in [0.5, 0.6) is 0 Å². The highest BCUT2D eigenvalue weighted by Gasteiger charge is 2.22. The van der Waals surface area contributed by atoms with Gasteiger partial charge in [0.15, 0.2) is 0 Å². The van der Waals surface area contributed by atoms with Gasteiger partial charge in [-0.15, -0.1) is 0 Å². The number of nitrogens with zero attached hydrogens (tertiary/aromatic N) is 3. The van der Waals surface area contributed by atoms with Gasteiger partial charge in [0.2, 0.25) is 11.8 Å². The van der Waals surface area contributed by atoms with E-state index in [9.17, 15) is 18.4 Å². The number of pyridine rings is 1. The second-order valence-electron chi connectivity index (χ2n) is 9.77. The molecule has 0 unspecified atom stereocenters. The predicted molar refractivity (Wildman–Crippen MR) is 138 cm³/mol. The van der Waals surface area contributed by atoms with Crippen LogP contribution in [-0.2, 0) is 9.59 Å². The van der Waals surface area contributed by atoms with E-state index < -0.39 is 12.3 Å². The van der Waals surface area contributed by atoms with E-state index in [1.165, 1.54) is 0 Å². The molecular weight excluding hydrogens is 464 g/mol. The molecule has 2 saturated heterocycles. The van der Waals surface area contributed by atoms with Gasteiger partial charge >= 0.3 is 0 Å². The van der Waals surface area contributed by atoms with Gasteiger partial charge in [-0.2, -0.15) is 0 Å². The fourth-order valence-corrected chi connectivity index (χ4v) is 4.92. The van der Waals surface area contributed by atoms with Gasteiger partial charge < -0.3 is 10.6 Å². The number of amides is 2. The van der Waals surface area contributed by atoms with Crippen molar-refractivity contribution in [3.8, 4) is 0 Å². The Kier molecular flexibility index (Phi) is 7.38. The minimum atomic E-state index is -0.788. The number of aromatic nitrogens is 1. The molecule has 2 aliphatic rings. The molecule has 0 spiro atoms. The number of benzene rings is 2. The highest BCUT2D eigenvalue weighted by Crippen LogP contribution is 2.25. The Morgan fingerprint density at radius 1 is 0.778 bits per heavy atom. The maximum atomic E-state index is 13.3. The molecule has 2 aromatic carbocycles. The molecule has 2 aliphatic heterocycles. The summed E-state index contributed by atoms with van der Waals surface area (Å²) >= 11 is 0. The van der Waals surface area contributed by atoms with Gasteiger partial charge in [0, 0.05) is 74.3 Å². The van der Waals surface area contributed by atoms with Gasteiger partial charge in [-0.05, 0) is 43.2 Å². The van der Waals surface area contributed by atoms with Crippen molar-refractivity contribution >= 4 is 45.0 Å². The summed E-state index contributed by atoms with van der Waals surface area (Å²) in [4.78, 5) is 33.5. The molecule has 2 amide bonds. The summed E-state index contributed by atoms with van der Waals surface area (Å²) in [5, 5.41) is 7.71. The van der Waals surface area contributed by atoms with E-state index in [0.717, 1.165) is 21.8 Å². The quantitative estimate of drug-likeness (QED) is 0.460. The highest BCUT2D eigenvalue weighted by atomic mass is 19.1. The van der Waals surface area contributed by atoms with Crippen molar-refractivity contribution in [3.63, 3.8) is 0 Å². The second kappa shape index (κ2) is 10.8. The van der Waals surface area contributed by atoms with Crippen molar-refractivity contribution in [1.29, 1.82) is 0 Å². The number of carbonyl (C=O) groups excluding carboxylic acids is 2. The van der Waals surface area contributed by atoms with E-state index in [1.54, 1.807) is 0 Å². The summed E-state index contributed by atoms with van der Waals surface area (Å²) in [5.41, 5.74) is 2.79. The van der Waals surface area contributed by atoms with Crippen LogP contribution in [0.4, 0.5) is 20.2 Å². The molecule has 0 saturated carbocycles. The molecule has 7 nitrogen and oxygen atoms in total. The predicted octanol–water partition coefficient (Wildman–Crippen LogP) is 4.13. The van der Waals surface area contributed by atoms with E-state index in [-0.39, 0.29) is 11.8 Å². The summed E-state index contributed by atoms with van der Waals surface area (Å²) in [7, 11) is 0. The number of hydrogen-bond donors (Lipinski definition) is 2. The Morgan fingerprint density at radius 2 is 1.25 bits per heavy atom. The number of nitrogens with one attached hydrogen (secondary N) is 2. The lowest BCUT2D eigenvalue weighted by molar-refractivity contribution is -0.117. The van der Waals surface area contributed by atoms with Gasteiger partial charge in [0.1, 0.15) is 12.3 Å². The lowest BCUT2D eigenvalue weighted by atomic mass is 10.1. The largest absolute Gasteiger partial charge is 0.326 e. The standard InChI is InChI=1S/C27H31F2N5O2/c28-20-5-9-33(16-20)11-7-26(35)30-22-3-1-18-13-19-2-4-23(15-25(19)32-24(18)14-22)31-27(36)8-12-34-10-6-21(29)17-34/h1-4,13-15,20-21H,5-12,16-17H2,(H,30,35)(H,31,36)/t20-,21-/m0/s1. The first-order chi connectivity index (χ1) is 17.4. The van der Waals surface area contributed by atoms with Gasteiger partial charge in [-0.3, -0.25) is 19.4 Å². The molecule has 0 aliphatic carbocycles. The van der Waals surface area contributed by atoms with Gasteiger partial charge in [0.25, 0.3) is 0 Å². The SMILES string of the molecule is O=C(CCN1CC[C@H](F)C1)Nc1ccc2cc3ccc(NC(=O)CCN4CC[C@H](F)C4)cc3nc2c1. The molecule has 0 bridgehead atoms. The molecule has 2 atom stereocenters. The average Bonchev–Trinajstić information content (AvgIpc) is 3.47. The number of carbonyl (C=O) groups is 2. The van der Waals surface area contributed by atoms with Crippen molar-refractivity contribution < 1.29 is 18.4 Å². The minimum absolute atomic E-state index is 0.113.